The molecule has 1 aromatic rings. The molecule has 0 saturated carbocycles. The lowest BCUT2D eigenvalue weighted by Crippen LogP contribution is -2.64. The molecule has 26 heavy (non-hydrogen) atoms. The highest BCUT2D eigenvalue weighted by atomic mass is 16.6. The maximum Gasteiger partial charge on any atom is 0.410 e. The Morgan fingerprint density at radius 2 is 1.88 bits per heavy atom. The predicted molar refractivity (Wildman–Crippen MR) is 97.7 cm³/mol. The van der Waals surface area contributed by atoms with E-state index < -0.39 is 5.54 Å². The molecule has 3 aliphatic heterocycles. The first-order valence-electron chi connectivity index (χ1n) is 9.53. The van der Waals surface area contributed by atoms with Crippen molar-refractivity contribution in [3.05, 3.63) is 35.9 Å². The van der Waals surface area contributed by atoms with Crippen LogP contribution in [-0.4, -0.2) is 78.6 Å². The minimum Gasteiger partial charge on any atom is -0.447 e. The van der Waals surface area contributed by atoms with Crippen LogP contribution in [0.2, 0.25) is 0 Å². The van der Waals surface area contributed by atoms with E-state index in [1.54, 1.807) is 0 Å². The Kier molecular flexibility index (Phi) is 4.61. The van der Waals surface area contributed by atoms with Gasteiger partial charge in [0.1, 0.15) is 12.1 Å². The third-order valence-corrected chi connectivity index (χ3v) is 6.09. The number of carbonyl (C=O) groups excluding carboxylic acids is 2. The number of ether oxygens (including phenoxy) is 1. The number of amides is 2. The molecule has 4 rings (SSSR count). The molecule has 0 spiro atoms. The van der Waals surface area contributed by atoms with Crippen LogP contribution in [0.15, 0.2) is 30.3 Å². The summed E-state index contributed by atoms with van der Waals surface area (Å²) in [6, 6.07) is 10.2. The molecule has 3 saturated heterocycles. The van der Waals surface area contributed by atoms with E-state index in [0.29, 0.717) is 26.2 Å². The zero-order valence-electron chi connectivity index (χ0n) is 15.4. The maximum atomic E-state index is 13.1. The van der Waals surface area contributed by atoms with Gasteiger partial charge in [0.2, 0.25) is 5.91 Å². The molecule has 1 unspecified atom stereocenters. The Balaban J connectivity index is 1.51. The van der Waals surface area contributed by atoms with E-state index >= 15 is 0 Å². The lowest BCUT2D eigenvalue weighted by atomic mass is 9.87. The molecule has 140 valence electrons. The summed E-state index contributed by atoms with van der Waals surface area (Å²) in [5, 5.41) is 0. The third kappa shape index (κ3) is 3.18. The van der Waals surface area contributed by atoms with E-state index in [-0.39, 0.29) is 17.9 Å². The quantitative estimate of drug-likeness (QED) is 0.825. The monoisotopic (exact) mass is 357 g/mol. The molecule has 6 nitrogen and oxygen atoms in total. The summed E-state index contributed by atoms with van der Waals surface area (Å²) in [6.07, 6.45) is 2.33. The van der Waals surface area contributed by atoms with Gasteiger partial charge in [-0.2, -0.15) is 0 Å². The molecule has 3 heterocycles. The van der Waals surface area contributed by atoms with Crippen molar-refractivity contribution in [3.63, 3.8) is 0 Å². The SMILES string of the molecule is CN1CCC(C(=O)N2CCN3C(=O)OCC3(Cc3ccccc3)C2)CC1. The predicted octanol–water partition coefficient (Wildman–Crippen LogP) is 1.60. The number of cyclic esters (lactones) is 1. The average molecular weight is 357 g/mol. The zero-order valence-corrected chi connectivity index (χ0v) is 15.4. The van der Waals surface area contributed by atoms with Gasteiger partial charge >= 0.3 is 6.09 Å². The van der Waals surface area contributed by atoms with Crippen LogP contribution < -0.4 is 0 Å². The highest BCUT2D eigenvalue weighted by Crippen LogP contribution is 2.33. The van der Waals surface area contributed by atoms with Crippen molar-refractivity contribution in [1.29, 1.82) is 0 Å². The number of benzene rings is 1. The number of carbonyl (C=O) groups is 2. The molecule has 0 aliphatic carbocycles. The molecule has 3 aliphatic rings. The standard InChI is InChI=1S/C20H27N3O3/c1-21-9-7-17(8-10-21)18(24)22-11-12-23-19(25)26-15-20(23,14-22)13-16-5-3-2-4-6-16/h2-6,17H,7-15H2,1H3. The van der Waals surface area contributed by atoms with E-state index in [2.05, 4.69) is 24.1 Å². The number of fused-ring (bicyclic) bond motifs is 1. The first-order valence-corrected chi connectivity index (χ1v) is 9.53. The van der Waals surface area contributed by atoms with E-state index in [1.807, 2.05) is 28.0 Å². The molecule has 3 fully saturated rings. The minimum atomic E-state index is -0.433. The number of hydrogen-bond acceptors (Lipinski definition) is 4. The lowest BCUT2D eigenvalue weighted by Gasteiger charge is -2.46. The number of likely N-dealkylation sites (tertiary alicyclic amines) is 1. The summed E-state index contributed by atoms with van der Waals surface area (Å²) in [4.78, 5) is 31.4. The zero-order chi connectivity index (χ0) is 18.1. The van der Waals surface area contributed by atoms with E-state index in [4.69, 9.17) is 4.74 Å². The van der Waals surface area contributed by atoms with Crippen LogP contribution in [0.3, 0.4) is 0 Å². The summed E-state index contributed by atoms with van der Waals surface area (Å²) in [5.74, 6) is 0.370. The second-order valence-electron chi connectivity index (χ2n) is 7.93. The summed E-state index contributed by atoms with van der Waals surface area (Å²) >= 11 is 0. The fourth-order valence-electron chi connectivity index (χ4n) is 4.54. The lowest BCUT2D eigenvalue weighted by molar-refractivity contribution is -0.141. The van der Waals surface area contributed by atoms with Gasteiger partial charge < -0.3 is 14.5 Å². The van der Waals surface area contributed by atoms with Gasteiger partial charge in [-0.05, 0) is 38.5 Å². The Hall–Kier alpha value is -2.08. The van der Waals surface area contributed by atoms with E-state index in [9.17, 15) is 9.59 Å². The molecule has 1 aromatic carbocycles. The maximum absolute atomic E-state index is 13.1. The number of piperidine rings is 1. The summed E-state index contributed by atoms with van der Waals surface area (Å²) in [5.41, 5.74) is 0.738. The summed E-state index contributed by atoms with van der Waals surface area (Å²) in [6.45, 7) is 4.05. The van der Waals surface area contributed by atoms with Gasteiger partial charge in [0.15, 0.2) is 0 Å². The fourth-order valence-corrected chi connectivity index (χ4v) is 4.54. The van der Waals surface area contributed by atoms with Crippen molar-refractivity contribution in [2.75, 3.05) is 46.4 Å². The number of rotatable bonds is 3. The highest BCUT2D eigenvalue weighted by Gasteiger charge is 2.51. The highest BCUT2D eigenvalue weighted by molar-refractivity contribution is 5.80. The molecule has 1 atom stereocenters. The van der Waals surface area contributed by atoms with Crippen molar-refractivity contribution in [2.24, 2.45) is 5.92 Å². The Morgan fingerprint density at radius 1 is 1.15 bits per heavy atom. The Labute approximate surface area is 154 Å². The van der Waals surface area contributed by atoms with Gasteiger partial charge in [0.05, 0.1) is 0 Å². The van der Waals surface area contributed by atoms with Crippen LogP contribution in [0.25, 0.3) is 0 Å². The number of hydrogen-bond donors (Lipinski definition) is 0. The van der Waals surface area contributed by atoms with Crippen LogP contribution in [0, 0.1) is 5.92 Å². The summed E-state index contributed by atoms with van der Waals surface area (Å²) in [7, 11) is 2.11. The molecule has 0 radical (unpaired) electrons. The Morgan fingerprint density at radius 3 is 2.62 bits per heavy atom. The largest absolute Gasteiger partial charge is 0.447 e. The van der Waals surface area contributed by atoms with Gasteiger partial charge in [0, 0.05) is 32.0 Å². The van der Waals surface area contributed by atoms with Crippen LogP contribution in [-0.2, 0) is 16.0 Å². The second kappa shape index (κ2) is 6.91. The summed E-state index contributed by atoms with van der Waals surface area (Å²) < 4.78 is 5.41. The normalized spacial score (nSPS) is 27.3. The van der Waals surface area contributed by atoms with Crippen molar-refractivity contribution >= 4 is 12.0 Å². The molecule has 0 aromatic heterocycles. The molecule has 6 heteroatoms. The number of nitrogens with zero attached hydrogens (tertiary/aromatic N) is 3. The molecular weight excluding hydrogens is 330 g/mol. The fraction of sp³-hybridized carbons (Fsp3) is 0.600. The molecule has 0 bridgehead atoms. The van der Waals surface area contributed by atoms with E-state index in [1.165, 1.54) is 5.56 Å². The van der Waals surface area contributed by atoms with Crippen molar-refractivity contribution in [2.45, 2.75) is 24.8 Å². The molecule has 0 N–H and O–H groups in total. The first kappa shape index (κ1) is 17.3. The van der Waals surface area contributed by atoms with Crippen molar-refractivity contribution < 1.29 is 14.3 Å². The van der Waals surface area contributed by atoms with Gasteiger partial charge in [-0.15, -0.1) is 0 Å². The molecular formula is C20H27N3O3. The van der Waals surface area contributed by atoms with Gasteiger partial charge in [0.25, 0.3) is 0 Å². The average Bonchev–Trinajstić information content (AvgIpc) is 2.98. The molecule has 2 amide bonds. The van der Waals surface area contributed by atoms with Crippen LogP contribution in [0.5, 0.6) is 0 Å². The van der Waals surface area contributed by atoms with Gasteiger partial charge in [-0.3, -0.25) is 9.69 Å². The smallest absolute Gasteiger partial charge is 0.410 e. The van der Waals surface area contributed by atoms with Crippen LogP contribution >= 0.6 is 0 Å². The second-order valence-corrected chi connectivity index (χ2v) is 7.93. The minimum absolute atomic E-state index is 0.115. The van der Waals surface area contributed by atoms with Crippen molar-refractivity contribution in [1.82, 2.24) is 14.7 Å². The topological polar surface area (TPSA) is 53.1 Å². The van der Waals surface area contributed by atoms with Crippen LogP contribution in [0.1, 0.15) is 18.4 Å². The first-order chi connectivity index (χ1) is 12.6. The Bertz CT molecular complexity index is 672. The number of piperazine rings is 1. The van der Waals surface area contributed by atoms with Crippen molar-refractivity contribution in [3.8, 4) is 0 Å². The van der Waals surface area contributed by atoms with Gasteiger partial charge in [-0.1, -0.05) is 30.3 Å². The third-order valence-electron chi connectivity index (χ3n) is 6.09. The van der Waals surface area contributed by atoms with Crippen LogP contribution in [0.4, 0.5) is 4.79 Å². The van der Waals surface area contributed by atoms with Gasteiger partial charge in [-0.25, -0.2) is 4.79 Å². The van der Waals surface area contributed by atoms with E-state index in [0.717, 1.165) is 32.4 Å².